The molecule has 4 rings (SSSR count). The van der Waals surface area contributed by atoms with Gasteiger partial charge in [-0.25, -0.2) is 4.98 Å². The monoisotopic (exact) mass is 385 g/mol. The van der Waals surface area contributed by atoms with Crippen LogP contribution in [0.3, 0.4) is 0 Å². The SMILES string of the molecule is CC(C)COc1cccc(-c2nccn2[C@H]2C[C@H]3CO[C@@H](CCO)CN3C2)c1. The number of ether oxygens (including phenoxy) is 2. The van der Waals surface area contributed by atoms with E-state index in [4.69, 9.17) is 9.47 Å². The molecule has 2 aliphatic rings. The summed E-state index contributed by atoms with van der Waals surface area (Å²) < 4.78 is 14.1. The number of morpholine rings is 1. The van der Waals surface area contributed by atoms with E-state index in [1.165, 1.54) is 0 Å². The molecule has 6 heteroatoms. The summed E-state index contributed by atoms with van der Waals surface area (Å²) in [6.07, 6.45) is 5.91. The molecule has 2 aliphatic heterocycles. The first kappa shape index (κ1) is 19.4. The third-order valence-electron chi connectivity index (χ3n) is 5.66. The van der Waals surface area contributed by atoms with Gasteiger partial charge >= 0.3 is 0 Å². The zero-order valence-corrected chi connectivity index (χ0v) is 16.8. The van der Waals surface area contributed by atoms with Gasteiger partial charge in [0.15, 0.2) is 0 Å². The molecular weight excluding hydrogens is 354 g/mol. The van der Waals surface area contributed by atoms with E-state index >= 15 is 0 Å². The van der Waals surface area contributed by atoms with Crippen LogP contribution in [0.1, 0.15) is 32.7 Å². The van der Waals surface area contributed by atoms with Gasteiger partial charge in [0.1, 0.15) is 11.6 Å². The molecule has 0 bridgehead atoms. The lowest BCUT2D eigenvalue weighted by atomic mass is 10.1. The molecule has 0 aliphatic carbocycles. The van der Waals surface area contributed by atoms with Crippen molar-refractivity contribution in [2.45, 2.75) is 44.9 Å². The quantitative estimate of drug-likeness (QED) is 0.794. The van der Waals surface area contributed by atoms with Gasteiger partial charge in [0.25, 0.3) is 0 Å². The second kappa shape index (κ2) is 8.64. The lowest BCUT2D eigenvalue weighted by Gasteiger charge is -2.34. The third kappa shape index (κ3) is 4.24. The van der Waals surface area contributed by atoms with Gasteiger partial charge in [0.2, 0.25) is 0 Å². The fourth-order valence-corrected chi connectivity index (χ4v) is 4.26. The van der Waals surface area contributed by atoms with Crippen LogP contribution in [0.2, 0.25) is 0 Å². The van der Waals surface area contributed by atoms with E-state index in [1.807, 2.05) is 18.3 Å². The number of aliphatic hydroxyl groups excluding tert-OH is 1. The number of fused-ring (bicyclic) bond motifs is 1. The molecule has 0 spiro atoms. The van der Waals surface area contributed by atoms with E-state index in [-0.39, 0.29) is 12.7 Å². The summed E-state index contributed by atoms with van der Waals surface area (Å²) >= 11 is 0. The Hall–Kier alpha value is -1.89. The first-order valence-corrected chi connectivity index (χ1v) is 10.4. The molecule has 28 heavy (non-hydrogen) atoms. The maximum absolute atomic E-state index is 9.19. The van der Waals surface area contributed by atoms with Crippen molar-refractivity contribution in [3.63, 3.8) is 0 Å². The van der Waals surface area contributed by atoms with E-state index in [0.29, 0.717) is 31.0 Å². The molecule has 2 saturated heterocycles. The van der Waals surface area contributed by atoms with Crippen LogP contribution >= 0.6 is 0 Å². The maximum Gasteiger partial charge on any atom is 0.140 e. The van der Waals surface area contributed by atoms with Gasteiger partial charge in [-0.05, 0) is 30.9 Å². The van der Waals surface area contributed by atoms with E-state index in [9.17, 15) is 5.11 Å². The molecule has 3 atom stereocenters. The highest BCUT2D eigenvalue weighted by molar-refractivity contribution is 5.58. The molecule has 0 saturated carbocycles. The van der Waals surface area contributed by atoms with Crippen LogP contribution in [-0.4, -0.2) is 64.6 Å². The average molecular weight is 386 g/mol. The van der Waals surface area contributed by atoms with Gasteiger partial charge in [0, 0.05) is 49.7 Å². The molecular formula is C22H31N3O3. The summed E-state index contributed by atoms with van der Waals surface area (Å²) in [5.41, 5.74) is 1.09. The molecule has 1 N–H and O–H groups in total. The zero-order valence-electron chi connectivity index (χ0n) is 16.8. The second-order valence-electron chi connectivity index (χ2n) is 8.36. The number of nitrogens with zero attached hydrogens (tertiary/aromatic N) is 3. The number of benzene rings is 1. The summed E-state index contributed by atoms with van der Waals surface area (Å²) in [6, 6.07) is 9.08. The zero-order chi connectivity index (χ0) is 19.5. The van der Waals surface area contributed by atoms with Crippen molar-refractivity contribution in [1.29, 1.82) is 0 Å². The molecule has 1 aromatic carbocycles. The van der Waals surface area contributed by atoms with Gasteiger partial charge in [-0.3, -0.25) is 4.90 Å². The first-order chi connectivity index (χ1) is 13.6. The number of rotatable bonds is 7. The number of aliphatic hydroxyl groups is 1. The summed E-state index contributed by atoms with van der Waals surface area (Å²) in [4.78, 5) is 7.17. The minimum Gasteiger partial charge on any atom is -0.493 e. The minimum atomic E-state index is 0.150. The van der Waals surface area contributed by atoms with E-state index in [2.05, 4.69) is 46.6 Å². The highest BCUT2D eigenvalue weighted by Crippen LogP contribution is 2.34. The summed E-state index contributed by atoms with van der Waals surface area (Å²) in [7, 11) is 0. The Balaban J connectivity index is 1.49. The van der Waals surface area contributed by atoms with Gasteiger partial charge in [0.05, 0.1) is 19.3 Å². The Morgan fingerprint density at radius 2 is 2.18 bits per heavy atom. The predicted molar refractivity (Wildman–Crippen MR) is 108 cm³/mol. The maximum atomic E-state index is 9.19. The largest absolute Gasteiger partial charge is 0.493 e. The lowest BCUT2D eigenvalue weighted by molar-refractivity contribution is -0.0567. The number of aromatic nitrogens is 2. The second-order valence-corrected chi connectivity index (χ2v) is 8.36. The van der Waals surface area contributed by atoms with Crippen LogP contribution in [0, 0.1) is 5.92 Å². The van der Waals surface area contributed by atoms with Crippen LogP contribution in [0.15, 0.2) is 36.7 Å². The molecule has 2 aromatic rings. The molecule has 3 heterocycles. The Kier molecular flexibility index (Phi) is 5.99. The smallest absolute Gasteiger partial charge is 0.140 e. The highest BCUT2D eigenvalue weighted by atomic mass is 16.5. The molecule has 1 aromatic heterocycles. The van der Waals surface area contributed by atoms with Crippen molar-refractivity contribution in [2.24, 2.45) is 5.92 Å². The van der Waals surface area contributed by atoms with E-state index < -0.39 is 0 Å². The van der Waals surface area contributed by atoms with Crippen molar-refractivity contribution in [3.05, 3.63) is 36.7 Å². The fraction of sp³-hybridized carbons (Fsp3) is 0.591. The molecule has 0 amide bonds. The van der Waals surface area contributed by atoms with Gasteiger partial charge < -0.3 is 19.1 Å². The van der Waals surface area contributed by atoms with E-state index in [1.54, 1.807) is 0 Å². The average Bonchev–Trinajstić information content (AvgIpc) is 3.33. The summed E-state index contributed by atoms with van der Waals surface area (Å²) in [6.45, 7) is 7.87. The minimum absolute atomic E-state index is 0.150. The summed E-state index contributed by atoms with van der Waals surface area (Å²) in [5.74, 6) is 2.39. The normalized spacial score (nSPS) is 25.2. The molecule has 152 valence electrons. The van der Waals surface area contributed by atoms with Crippen molar-refractivity contribution >= 4 is 0 Å². The Morgan fingerprint density at radius 1 is 1.29 bits per heavy atom. The third-order valence-corrected chi connectivity index (χ3v) is 5.66. The molecule has 2 fully saturated rings. The van der Waals surface area contributed by atoms with Gasteiger partial charge in [-0.15, -0.1) is 0 Å². The first-order valence-electron chi connectivity index (χ1n) is 10.4. The number of hydrogen-bond acceptors (Lipinski definition) is 5. The van der Waals surface area contributed by atoms with Crippen LogP contribution in [0.25, 0.3) is 11.4 Å². The Bertz CT molecular complexity index is 776. The predicted octanol–water partition coefficient (Wildman–Crippen LogP) is 2.98. The van der Waals surface area contributed by atoms with Crippen LogP contribution in [-0.2, 0) is 4.74 Å². The number of hydrogen-bond donors (Lipinski definition) is 1. The van der Waals surface area contributed by atoms with Crippen LogP contribution in [0.5, 0.6) is 5.75 Å². The molecule has 6 nitrogen and oxygen atoms in total. The van der Waals surface area contributed by atoms with E-state index in [0.717, 1.165) is 43.3 Å². The highest BCUT2D eigenvalue weighted by Gasteiger charge is 2.38. The van der Waals surface area contributed by atoms with Crippen molar-refractivity contribution < 1.29 is 14.6 Å². The Morgan fingerprint density at radius 3 is 3.00 bits per heavy atom. The van der Waals surface area contributed by atoms with Crippen molar-refractivity contribution in [3.8, 4) is 17.1 Å². The fourth-order valence-electron chi connectivity index (χ4n) is 4.26. The van der Waals surface area contributed by atoms with Crippen molar-refractivity contribution in [2.75, 3.05) is 32.9 Å². The van der Waals surface area contributed by atoms with Crippen LogP contribution < -0.4 is 4.74 Å². The van der Waals surface area contributed by atoms with Gasteiger partial charge in [-0.1, -0.05) is 26.0 Å². The van der Waals surface area contributed by atoms with Crippen LogP contribution in [0.4, 0.5) is 0 Å². The van der Waals surface area contributed by atoms with Gasteiger partial charge in [-0.2, -0.15) is 0 Å². The molecule has 0 unspecified atom stereocenters. The topological polar surface area (TPSA) is 59.8 Å². The Labute approximate surface area is 167 Å². The molecule has 0 radical (unpaired) electrons. The standard InChI is InChI=1S/C22H31N3O3/c1-16(2)14-27-20-5-3-4-17(10-20)22-23-7-8-25(22)18-11-19-15-28-21(6-9-26)13-24(19)12-18/h3-5,7-8,10,16,18-19,21,26H,6,9,11-15H2,1-2H3/t18-,19-,21-/m0/s1. The lowest BCUT2D eigenvalue weighted by Crippen LogP contribution is -2.46. The number of imidazole rings is 1. The summed E-state index contributed by atoms with van der Waals surface area (Å²) in [5, 5.41) is 9.19. The van der Waals surface area contributed by atoms with Crippen molar-refractivity contribution in [1.82, 2.24) is 14.5 Å².